The summed E-state index contributed by atoms with van der Waals surface area (Å²) in [6.45, 7) is 2.64. The number of carboxylic acid groups (broad SMARTS) is 1. The Labute approximate surface area is 103 Å². The quantitative estimate of drug-likeness (QED) is 0.869. The standard InChI is InChI=1S/C12H13N3O3/c1-7-10(5-6-18-7)15-11-8(12(16)17)3-2-4-9(11)13-14-15/h2-4,7,10H,5-6H2,1H3,(H,16,17). The van der Waals surface area contributed by atoms with E-state index in [9.17, 15) is 9.90 Å². The molecule has 1 fully saturated rings. The van der Waals surface area contributed by atoms with Crippen molar-refractivity contribution in [2.75, 3.05) is 6.61 Å². The Morgan fingerprint density at radius 1 is 1.56 bits per heavy atom. The van der Waals surface area contributed by atoms with Gasteiger partial charge in [-0.25, -0.2) is 9.48 Å². The molecule has 0 bridgehead atoms. The molecule has 0 amide bonds. The molecule has 3 rings (SSSR count). The lowest BCUT2D eigenvalue weighted by molar-refractivity contribution is 0.0697. The number of carboxylic acids is 1. The summed E-state index contributed by atoms with van der Waals surface area (Å²) in [5, 5.41) is 17.4. The van der Waals surface area contributed by atoms with Gasteiger partial charge in [-0.2, -0.15) is 0 Å². The maximum atomic E-state index is 11.3. The van der Waals surface area contributed by atoms with Crippen molar-refractivity contribution in [3.63, 3.8) is 0 Å². The lowest BCUT2D eigenvalue weighted by atomic mass is 10.1. The predicted molar refractivity (Wildman–Crippen MR) is 63.6 cm³/mol. The Morgan fingerprint density at radius 2 is 2.39 bits per heavy atom. The van der Waals surface area contributed by atoms with Gasteiger partial charge in [-0.05, 0) is 25.5 Å². The first-order chi connectivity index (χ1) is 8.68. The summed E-state index contributed by atoms with van der Waals surface area (Å²) < 4.78 is 7.19. The number of hydrogen-bond donors (Lipinski definition) is 1. The van der Waals surface area contributed by atoms with Gasteiger partial charge in [0.25, 0.3) is 0 Å². The number of aromatic carboxylic acids is 1. The fourth-order valence-electron chi connectivity index (χ4n) is 2.44. The number of ether oxygens (including phenoxy) is 1. The molecule has 0 radical (unpaired) electrons. The van der Waals surface area contributed by atoms with E-state index in [4.69, 9.17) is 4.74 Å². The molecular formula is C12H13N3O3. The van der Waals surface area contributed by atoms with Gasteiger partial charge in [-0.3, -0.25) is 0 Å². The zero-order valence-electron chi connectivity index (χ0n) is 9.91. The average molecular weight is 247 g/mol. The van der Waals surface area contributed by atoms with Crippen LogP contribution in [0.2, 0.25) is 0 Å². The summed E-state index contributed by atoms with van der Waals surface area (Å²) in [5.74, 6) is -0.962. The fraction of sp³-hybridized carbons (Fsp3) is 0.417. The van der Waals surface area contributed by atoms with E-state index >= 15 is 0 Å². The van der Waals surface area contributed by atoms with Gasteiger partial charge in [0.1, 0.15) is 11.0 Å². The topological polar surface area (TPSA) is 77.2 Å². The first-order valence-corrected chi connectivity index (χ1v) is 5.87. The van der Waals surface area contributed by atoms with Crippen LogP contribution in [0.1, 0.15) is 29.7 Å². The molecule has 1 aromatic carbocycles. The van der Waals surface area contributed by atoms with Crippen LogP contribution >= 0.6 is 0 Å². The molecule has 1 aliphatic heterocycles. The minimum Gasteiger partial charge on any atom is -0.478 e. The van der Waals surface area contributed by atoms with E-state index in [0.29, 0.717) is 17.6 Å². The van der Waals surface area contributed by atoms with Crippen LogP contribution in [0.4, 0.5) is 0 Å². The summed E-state index contributed by atoms with van der Waals surface area (Å²) in [6, 6.07) is 5.08. The van der Waals surface area contributed by atoms with Gasteiger partial charge < -0.3 is 9.84 Å². The zero-order chi connectivity index (χ0) is 12.7. The maximum absolute atomic E-state index is 11.3. The second kappa shape index (κ2) is 4.06. The van der Waals surface area contributed by atoms with E-state index in [-0.39, 0.29) is 17.7 Å². The van der Waals surface area contributed by atoms with Crippen molar-refractivity contribution < 1.29 is 14.6 Å². The molecule has 0 aliphatic carbocycles. The van der Waals surface area contributed by atoms with Crippen LogP contribution in [0.25, 0.3) is 11.0 Å². The highest BCUT2D eigenvalue weighted by Crippen LogP contribution is 2.29. The van der Waals surface area contributed by atoms with Crippen LogP contribution in [0, 0.1) is 0 Å². The van der Waals surface area contributed by atoms with Gasteiger partial charge in [0.15, 0.2) is 0 Å². The average Bonchev–Trinajstić information content (AvgIpc) is 2.94. The first-order valence-electron chi connectivity index (χ1n) is 5.87. The smallest absolute Gasteiger partial charge is 0.337 e. The highest BCUT2D eigenvalue weighted by Gasteiger charge is 2.29. The molecule has 6 nitrogen and oxygen atoms in total. The minimum absolute atomic E-state index is 0.0248. The van der Waals surface area contributed by atoms with Crippen LogP contribution in [0.5, 0.6) is 0 Å². The summed E-state index contributed by atoms with van der Waals surface area (Å²) in [6.07, 6.45) is 0.852. The van der Waals surface area contributed by atoms with Gasteiger partial charge in [0.05, 0.1) is 17.7 Å². The molecule has 2 unspecified atom stereocenters. The lowest BCUT2D eigenvalue weighted by Crippen LogP contribution is -2.19. The fourth-order valence-corrected chi connectivity index (χ4v) is 2.44. The molecule has 1 aromatic heterocycles. The van der Waals surface area contributed by atoms with E-state index in [1.807, 2.05) is 6.92 Å². The molecule has 0 spiro atoms. The van der Waals surface area contributed by atoms with Gasteiger partial charge in [0.2, 0.25) is 0 Å². The highest BCUT2D eigenvalue weighted by atomic mass is 16.5. The first kappa shape index (κ1) is 11.2. The number of aromatic nitrogens is 3. The largest absolute Gasteiger partial charge is 0.478 e. The predicted octanol–water partition coefficient (Wildman–Crippen LogP) is 1.48. The van der Waals surface area contributed by atoms with Crippen molar-refractivity contribution in [1.29, 1.82) is 0 Å². The number of rotatable bonds is 2. The minimum atomic E-state index is -0.962. The van der Waals surface area contributed by atoms with Crippen molar-refractivity contribution in [3.05, 3.63) is 23.8 Å². The molecule has 1 saturated heterocycles. The van der Waals surface area contributed by atoms with Gasteiger partial charge in [-0.1, -0.05) is 11.3 Å². The molecular weight excluding hydrogens is 234 g/mol. The number of hydrogen-bond acceptors (Lipinski definition) is 4. The Bertz CT molecular complexity index is 608. The second-order valence-corrected chi connectivity index (χ2v) is 4.44. The van der Waals surface area contributed by atoms with Crippen LogP contribution in [-0.2, 0) is 4.74 Å². The Morgan fingerprint density at radius 3 is 3.06 bits per heavy atom. The lowest BCUT2D eigenvalue weighted by Gasteiger charge is -2.15. The second-order valence-electron chi connectivity index (χ2n) is 4.44. The Balaban J connectivity index is 2.21. The van der Waals surface area contributed by atoms with Crippen LogP contribution in [0.15, 0.2) is 18.2 Å². The van der Waals surface area contributed by atoms with E-state index in [2.05, 4.69) is 10.3 Å². The number of benzene rings is 1. The number of carbonyl (C=O) groups is 1. The van der Waals surface area contributed by atoms with E-state index < -0.39 is 5.97 Å². The van der Waals surface area contributed by atoms with Crippen LogP contribution < -0.4 is 0 Å². The number of fused-ring (bicyclic) bond motifs is 1. The normalized spacial score (nSPS) is 23.6. The monoisotopic (exact) mass is 247 g/mol. The van der Waals surface area contributed by atoms with Gasteiger partial charge in [0, 0.05) is 6.61 Å². The third-order valence-electron chi connectivity index (χ3n) is 3.37. The van der Waals surface area contributed by atoms with Crippen molar-refractivity contribution in [2.24, 2.45) is 0 Å². The Kier molecular flexibility index (Phi) is 2.52. The number of para-hydroxylation sites is 1. The van der Waals surface area contributed by atoms with E-state index in [1.165, 1.54) is 0 Å². The molecule has 94 valence electrons. The summed E-state index contributed by atoms with van der Waals surface area (Å²) >= 11 is 0. The van der Waals surface area contributed by atoms with Crippen LogP contribution in [0.3, 0.4) is 0 Å². The summed E-state index contributed by atoms with van der Waals surface area (Å²) in [4.78, 5) is 11.3. The van der Waals surface area contributed by atoms with E-state index in [1.54, 1.807) is 22.9 Å². The van der Waals surface area contributed by atoms with Crippen molar-refractivity contribution in [1.82, 2.24) is 15.0 Å². The van der Waals surface area contributed by atoms with Gasteiger partial charge >= 0.3 is 5.97 Å². The maximum Gasteiger partial charge on any atom is 0.337 e. The van der Waals surface area contributed by atoms with Gasteiger partial charge in [-0.15, -0.1) is 5.10 Å². The Hall–Kier alpha value is -1.95. The third kappa shape index (κ3) is 1.57. The van der Waals surface area contributed by atoms with Crippen LogP contribution in [-0.4, -0.2) is 38.8 Å². The summed E-state index contributed by atoms with van der Waals surface area (Å²) in [7, 11) is 0. The molecule has 2 heterocycles. The van der Waals surface area contributed by atoms with E-state index in [0.717, 1.165) is 6.42 Å². The molecule has 2 atom stereocenters. The van der Waals surface area contributed by atoms with Crippen molar-refractivity contribution >= 4 is 17.0 Å². The SMILES string of the molecule is CC1OCCC1n1nnc2cccc(C(=O)O)c21. The molecule has 2 aromatic rings. The van der Waals surface area contributed by atoms with Crippen molar-refractivity contribution in [2.45, 2.75) is 25.5 Å². The molecule has 1 aliphatic rings. The number of nitrogens with zero attached hydrogens (tertiary/aromatic N) is 3. The molecule has 18 heavy (non-hydrogen) atoms. The molecule has 0 saturated carbocycles. The summed E-state index contributed by atoms with van der Waals surface area (Å²) in [5.41, 5.74) is 1.41. The van der Waals surface area contributed by atoms with Crippen molar-refractivity contribution in [3.8, 4) is 0 Å². The third-order valence-corrected chi connectivity index (χ3v) is 3.37. The highest BCUT2D eigenvalue weighted by molar-refractivity contribution is 6.00. The molecule has 1 N–H and O–H groups in total. The molecule has 6 heteroatoms. The zero-order valence-corrected chi connectivity index (χ0v) is 9.91.